The number of unbranched alkanes of at least 4 members (excludes halogenated alkanes) is 47. The highest BCUT2D eigenvalue weighted by Gasteiger charge is 2.18. The van der Waals surface area contributed by atoms with Crippen molar-refractivity contribution in [3.05, 3.63) is 24.3 Å². The van der Waals surface area contributed by atoms with E-state index >= 15 is 0 Å². The summed E-state index contributed by atoms with van der Waals surface area (Å²) in [5.74, 6) is -0.0660. The third-order valence-electron chi connectivity index (χ3n) is 14.2. The summed E-state index contributed by atoms with van der Waals surface area (Å²) in [4.78, 5) is 12.5. The Kier molecular flexibility index (Phi) is 56.2. The van der Waals surface area contributed by atoms with Gasteiger partial charge >= 0.3 is 0 Å². The lowest BCUT2D eigenvalue weighted by Gasteiger charge is -2.19. The largest absolute Gasteiger partial charge is 0.394 e. The molecule has 2 atom stereocenters. The van der Waals surface area contributed by atoms with Crippen LogP contribution in [0.5, 0.6) is 0 Å². The summed E-state index contributed by atoms with van der Waals surface area (Å²) in [6.07, 6.45) is 76.5. The molecule has 0 aliphatic heterocycles. The quantitative estimate of drug-likeness (QED) is 0.0421. The zero-order valence-corrected chi connectivity index (χ0v) is 44.5. The molecule has 3 N–H and O–H groups in total. The van der Waals surface area contributed by atoms with Gasteiger partial charge in [0, 0.05) is 6.42 Å². The van der Waals surface area contributed by atoms with Crippen LogP contribution in [0.3, 0.4) is 0 Å². The molecule has 0 saturated carbocycles. The van der Waals surface area contributed by atoms with Crippen LogP contribution in [-0.2, 0) is 4.79 Å². The third-order valence-corrected chi connectivity index (χ3v) is 14.2. The van der Waals surface area contributed by atoms with E-state index in [-0.39, 0.29) is 12.5 Å². The Morgan fingerprint density at radius 1 is 0.354 bits per heavy atom. The topological polar surface area (TPSA) is 69.6 Å². The Labute approximate surface area is 409 Å². The molecule has 386 valence electrons. The number of carbonyl (C=O) groups excluding carboxylic acids is 1. The van der Waals surface area contributed by atoms with Gasteiger partial charge in [0.15, 0.2) is 0 Å². The highest BCUT2D eigenvalue weighted by Crippen LogP contribution is 2.18. The Hall–Kier alpha value is -1.13. The van der Waals surface area contributed by atoms with Gasteiger partial charge in [-0.1, -0.05) is 327 Å². The minimum absolute atomic E-state index is 0.0660. The molecule has 1 amide bonds. The van der Waals surface area contributed by atoms with Gasteiger partial charge in [0.25, 0.3) is 0 Å². The number of nitrogens with one attached hydrogen (secondary N) is 1. The number of aliphatic hydroxyl groups is 2. The van der Waals surface area contributed by atoms with Crippen LogP contribution in [0.1, 0.15) is 341 Å². The first kappa shape index (κ1) is 63.9. The molecule has 0 aliphatic rings. The molecular formula is C61H119NO3. The molecule has 0 saturated heterocycles. The zero-order valence-electron chi connectivity index (χ0n) is 44.5. The molecule has 0 heterocycles. The summed E-state index contributed by atoms with van der Waals surface area (Å²) in [6, 6.07) is -0.637. The van der Waals surface area contributed by atoms with Gasteiger partial charge < -0.3 is 15.5 Å². The zero-order chi connectivity index (χ0) is 47.0. The average molecular weight is 915 g/mol. The Bertz CT molecular complexity index is 947. The number of rotatable bonds is 56. The van der Waals surface area contributed by atoms with E-state index < -0.39 is 12.1 Å². The van der Waals surface area contributed by atoms with Crippen LogP contribution in [0.2, 0.25) is 0 Å². The van der Waals surface area contributed by atoms with Crippen LogP contribution in [0.25, 0.3) is 0 Å². The first-order valence-corrected chi connectivity index (χ1v) is 30.1. The van der Waals surface area contributed by atoms with Crippen molar-refractivity contribution < 1.29 is 15.0 Å². The van der Waals surface area contributed by atoms with Crippen LogP contribution in [0, 0.1) is 0 Å². The molecule has 0 spiro atoms. The van der Waals surface area contributed by atoms with Gasteiger partial charge in [-0.3, -0.25) is 4.79 Å². The predicted octanol–water partition coefficient (Wildman–Crippen LogP) is 19.9. The van der Waals surface area contributed by atoms with E-state index in [1.807, 2.05) is 6.08 Å². The van der Waals surface area contributed by atoms with Gasteiger partial charge in [0.1, 0.15) is 0 Å². The Morgan fingerprint density at radius 2 is 0.600 bits per heavy atom. The summed E-state index contributed by atoms with van der Waals surface area (Å²) >= 11 is 0. The van der Waals surface area contributed by atoms with Gasteiger partial charge in [-0.25, -0.2) is 0 Å². The Balaban J connectivity index is 3.47. The fourth-order valence-electron chi connectivity index (χ4n) is 9.61. The second-order valence-electron chi connectivity index (χ2n) is 20.8. The summed E-state index contributed by atoms with van der Waals surface area (Å²) < 4.78 is 0. The van der Waals surface area contributed by atoms with E-state index in [4.69, 9.17) is 0 Å². The lowest BCUT2D eigenvalue weighted by molar-refractivity contribution is -0.123. The molecule has 0 fully saturated rings. The number of hydrogen-bond acceptors (Lipinski definition) is 3. The van der Waals surface area contributed by atoms with Crippen LogP contribution < -0.4 is 5.32 Å². The van der Waals surface area contributed by atoms with Crippen LogP contribution in [0.4, 0.5) is 0 Å². The summed E-state index contributed by atoms with van der Waals surface area (Å²) in [7, 11) is 0. The van der Waals surface area contributed by atoms with E-state index in [1.54, 1.807) is 6.08 Å². The molecule has 2 unspecified atom stereocenters. The fraction of sp³-hybridized carbons (Fsp3) is 0.918. The molecule has 0 rings (SSSR count). The second-order valence-corrected chi connectivity index (χ2v) is 20.8. The van der Waals surface area contributed by atoms with E-state index in [9.17, 15) is 15.0 Å². The minimum Gasteiger partial charge on any atom is -0.394 e. The molecule has 0 aromatic rings. The van der Waals surface area contributed by atoms with Crippen LogP contribution in [-0.4, -0.2) is 34.9 Å². The lowest BCUT2D eigenvalue weighted by Crippen LogP contribution is -2.45. The van der Waals surface area contributed by atoms with E-state index in [1.165, 1.54) is 289 Å². The minimum atomic E-state index is -0.860. The maximum absolute atomic E-state index is 12.5. The summed E-state index contributed by atoms with van der Waals surface area (Å²) in [5, 5.41) is 23.2. The molecule has 65 heavy (non-hydrogen) atoms. The van der Waals surface area contributed by atoms with Gasteiger partial charge in [-0.05, 0) is 32.1 Å². The molecule has 4 heteroatoms. The van der Waals surface area contributed by atoms with Gasteiger partial charge in [0.2, 0.25) is 5.91 Å². The maximum atomic E-state index is 12.5. The number of allylic oxidation sites excluding steroid dienone is 3. The van der Waals surface area contributed by atoms with Crippen molar-refractivity contribution in [2.75, 3.05) is 6.61 Å². The van der Waals surface area contributed by atoms with Crippen molar-refractivity contribution in [3.8, 4) is 0 Å². The third kappa shape index (κ3) is 53.7. The van der Waals surface area contributed by atoms with Crippen molar-refractivity contribution in [2.45, 2.75) is 353 Å². The van der Waals surface area contributed by atoms with Gasteiger partial charge in [0.05, 0.1) is 18.8 Å². The molecule has 0 bridgehead atoms. The van der Waals surface area contributed by atoms with Gasteiger partial charge in [-0.15, -0.1) is 0 Å². The van der Waals surface area contributed by atoms with Crippen molar-refractivity contribution in [1.29, 1.82) is 0 Å². The summed E-state index contributed by atoms with van der Waals surface area (Å²) in [5.41, 5.74) is 0. The number of carbonyl (C=O) groups is 1. The molecule has 4 nitrogen and oxygen atoms in total. The first-order valence-electron chi connectivity index (χ1n) is 30.1. The normalized spacial score (nSPS) is 12.9. The van der Waals surface area contributed by atoms with Crippen molar-refractivity contribution in [1.82, 2.24) is 5.32 Å². The van der Waals surface area contributed by atoms with Crippen molar-refractivity contribution >= 4 is 5.91 Å². The first-order chi connectivity index (χ1) is 32.2. The standard InChI is InChI=1S/C61H119NO3/c1-3-5-7-9-11-13-15-17-19-21-23-25-27-28-29-30-31-32-33-35-36-38-40-42-44-46-48-50-52-54-56-60(64)59(58-63)62-61(65)57-55-53-51-49-47-45-43-41-39-37-34-26-24-22-20-18-16-14-12-10-8-6-4-2/h46,48,54,56,59-60,63-64H,3-45,47,49-53,55,57-58H2,1-2H3,(H,62,65)/b48-46+,56-54+. The highest BCUT2D eigenvalue weighted by atomic mass is 16.3. The fourth-order valence-corrected chi connectivity index (χ4v) is 9.61. The summed E-state index contributed by atoms with van der Waals surface area (Å²) in [6.45, 7) is 4.34. The maximum Gasteiger partial charge on any atom is 0.220 e. The number of aliphatic hydroxyl groups excluding tert-OH is 2. The van der Waals surface area contributed by atoms with E-state index in [0.29, 0.717) is 6.42 Å². The second kappa shape index (κ2) is 57.2. The van der Waals surface area contributed by atoms with Crippen molar-refractivity contribution in [3.63, 3.8) is 0 Å². The number of amides is 1. The molecule has 0 aromatic carbocycles. The van der Waals surface area contributed by atoms with Crippen molar-refractivity contribution in [2.24, 2.45) is 0 Å². The smallest absolute Gasteiger partial charge is 0.220 e. The highest BCUT2D eigenvalue weighted by molar-refractivity contribution is 5.76. The van der Waals surface area contributed by atoms with Crippen LogP contribution >= 0.6 is 0 Å². The predicted molar refractivity (Wildman–Crippen MR) is 290 cm³/mol. The number of hydrogen-bond donors (Lipinski definition) is 3. The SMILES string of the molecule is CCCCCCCCCCCCCCCCCCCCCCCCCC/C=C/CC/C=C/C(O)C(CO)NC(=O)CCCCCCCCCCCCCCCCCCCCCCCCC. The van der Waals surface area contributed by atoms with E-state index in [0.717, 1.165) is 32.1 Å². The molecule has 0 radical (unpaired) electrons. The molecule has 0 aliphatic carbocycles. The molecule has 0 aromatic heterocycles. The monoisotopic (exact) mass is 914 g/mol. The van der Waals surface area contributed by atoms with E-state index in [2.05, 4.69) is 31.3 Å². The van der Waals surface area contributed by atoms with Gasteiger partial charge in [-0.2, -0.15) is 0 Å². The van der Waals surface area contributed by atoms with Crippen LogP contribution in [0.15, 0.2) is 24.3 Å². The average Bonchev–Trinajstić information content (AvgIpc) is 3.31. The Morgan fingerprint density at radius 3 is 0.892 bits per heavy atom. The lowest BCUT2D eigenvalue weighted by atomic mass is 10.0. The molecular weight excluding hydrogens is 795 g/mol.